The minimum atomic E-state index is -1.33. The van der Waals surface area contributed by atoms with Crippen LogP contribution >= 0.6 is 0 Å². The molecule has 5 nitrogen and oxygen atoms in total. The summed E-state index contributed by atoms with van der Waals surface area (Å²) in [7, 11) is -1.33. The van der Waals surface area contributed by atoms with E-state index in [-0.39, 0.29) is 0 Å². The van der Waals surface area contributed by atoms with Gasteiger partial charge >= 0.3 is 0 Å². The van der Waals surface area contributed by atoms with Crippen molar-refractivity contribution in [3.05, 3.63) is 71.3 Å². The van der Waals surface area contributed by atoms with Crippen LogP contribution in [0.3, 0.4) is 0 Å². The summed E-state index contributed by atoms with van der Waals surface area (Å²) in [5.74, 6) is 0.538. The van der Waals surface area contributed by atoms with Gasteiger partial charge in [-0.2, -0.15) is 0 Å². The first-order valence-electron chi connectivity index (χ1n) is 11.3. The Morgan fingerprint density at radius 2 is 1.88 bits per heavy atom. The Hall–Kier alpha value is -2.70. The molecule has 32 heavy (non-hydrogen) atoms. The summed E-state index contributed by atoms with van der Waals surface area (Å²) in [6, 6.07) is 18.4. The molecule has 1 unspecified atom stereocenters. The zero-order valence-electron chi connectivity index (χ0n) is 19.1. The standard InChI is InChI=1S/C26H31N3O2S/c1-4-17-31-24-14-12-22-26(28-24)32(30)23-13-11-19(2)20(3)25(23)29(22)16-8-15-27-18-21-9-6-5-7-10-21/h5-7,9-14,27H,4,8,15-18H2,1-3H3. The molecule has 4 rings (SSSR count). The molecule has 0 fully saturated rings. The molecule has 0 saturated heterocycles. The van der Waals surface area contributed by atoms with Crippen molar-refractivity contribution in [3.8, 4) is 5.88 Å². The minimum Gasteiger partial charge on any atom is -0.478 e. The number of aromatic nitrogens is 1. The molecule has 168 valence electrons. The van der Waals surface area contributed by atoms with E-state index in [1.807, 2.05) is 30.3 Å². The first-order chi connectivity index (χ1) is 15.6. The highest BCUT2D eigenvalue weighted by molar-refractivity contribution is 7.85. The predicted molar refractivity (Wildman–Crippen MR) is 130 cm³/mol. The van der Waals surface area contributed by atoms with Crippen molar-refractivity contribution in [2.24, 2.45) is 0 Å². The molecule has 6 heteroatoms. The zero-order valence-corrected chi connectivity index (χ0v) is 19.9. The van der Waals surface area contributed by atoms with Crippen LogP contribution in [-0.2, 0) is 17.3 Å². The Labute approximate surface area is 193 Å². The molecule has 1 aliphatic heterocycles. The van der Waals surface area contributed by atoms with Gasteiger partial charge in [0.1, 0.15) is 10.8 Å². The van der Waals surface area contributed by atoms with Crippen LogP contribution in [0.25, 0.3) is 0 Å². The molecule has 1 N–H and O–H groups in total. The van der Waals surface area contributed by atoms with Gasteiger partial charge in [-0.05, 0) is 62.1 Å². The second-order valence-electron chi connectivity index (χ2n) is 8.11. The lowest BCUT2D eigenvalue weighted by Crippen LogP contribution is -2.29. The van der Waals surface area contributed by atoms with Crippen molar-refractivity contribution in [2.45, 2.75) is 50.1 Å². The molecule has 3 aromatic rings. The average molecular weight is 450 g/mol. The number of pyridine rings is 1. The van der Waals surface area contributed by atoms with Crippen molar-refractivity contribution in [1.29, 1.82) is 0 Å². The van der Waals surface area contributed by atoms with E-state index in [2.05, 4.69) is 60.2 Å². The molecule has 0 amide bonds. The van der Waals surface area contributed by atoms with Gasteiger partial charge in [-0.1, -0.05) is 43.3 Å². The fourth-order valence-electron chi connectivity index (χ4n) is 3.95. The lowest BCUT2D eigenvalue weighted by molar-refractivity contribution is 0.303. The van der Waals surface area contributed by atoms with Crippen LogP contribution in [0.5, 0.6) is 5.88 Å². The number of ether oxygens (including phenoxy) is 1. The predicted octanol–water partition coefficient (Wildman–Crippen LogP) is 5.29. The van der Waals surface area contributed by atoms with Crippen LogP contribution in [0, 0.1) is 13.8 Å². The van der Waals surface area contributed by atoms with Crippen LogP contribution in [0.1, 0.15) is 36.5 Å². The van der Waals surface area contributed by atoms with E-state index in [1.165, 1.54) is 16.7 Å². The number of benzene rings is 2. The van der Waals surface area contributed by atoms with E-state index in [1.54, 1.807) is 0 Å². The highest BCUT2D eigenvalue weighted by Gasteiger charge is 2.31. The Bertz CT molecular complexity index is 1100. The summed E-state index contributed by atoms with van der Waals surface area (Å²) in [6.07, 6.45) is 1.87. The zero-order chi connectivity index (χ0) is 22.5. The molecule has 0 bridgehead atoms. The van der Waals surface area contributed by atoms with Crippen molar-refractivity contribution >= 4 is 22.2 Å². The van der Waals surface area contributed by atoms with Crippen LogP contribution in [0.2, 0.25) is 0 Å². The van der Waals surface area contributed by atoms with E-state index in [9.17, 15) is 4.21 Å². The summed E-state index contributed by atoms with van der Waals surface area (Å²) in [5, 5.41) is 4.12. The van der Waals surface area contributed by atoms with Gasteiger partial charge in [-0.25, -0.2) is 9.19 Å². The fourth-order valence-corrected chi connectivity index (χ4v) is 5.33. The van der Waals surface area contributed by atoms with Gasteiger partial charge in [-0.15, -0.1) is 0 Å². The van der Waals surface area contributed by atoms with Gasteiger partial charge in [0.15, 0.2) is 5.03 Å². The highest BCUT2D eigenvalue weighted by atomic mass is 32.2. The third-order valence-corrected chi connectivity index (χ3v) is 7.16. The number of aryl methyl sites for hydroxylation is 1. The monoisotopic (exact) mass is 449 g/mol. The lowest BCUT2D eigenvalue weighted by Gasteiger charge is -2.34. The van der Waals surface area contributed by atoms with E-state index in [4.69, 9.17) is 4.74 Å². The van der Waals surface area contributed by atoms with Gasteiger partial charge in [0.05, 0.1) is 22.9 Å². The van der Waals surface area contributed by atoms with Gasteiger partial charge in [0, 0.05) is 19.2 Å². The molecule has 0 aliphatic carbocycles. The molecule has 1 atom stereocenters. The number of nitrogens with one attached hydrogen (secondary N) is 1. The smallest absolute Gasteiger partial charge is 0.214 e. The number of anilines is 2. The van der Waals surface area contributed by atoms with Gasteiger partial charge in [0.25, 0.3) is 0 Å². The first-order valence-corrected chi connectivity index (χ1v) is 12.4. The fraction of sp³-hybridized carbons (Fsp3) is 0.346. The van der Waals surface area contributed by atoms with Crippen LogP contribution in [-0.4, -0.2) is 28.9 Å². The molecule has 2 heterocycles. The average Bonchev–Trinajstić information content (AvgIpc) is 2.82. The quantitative estimate of drug-likeness (QED) is 0.450. The first kappa shape index (κ1) is 22.5. The second-order valence-corrected chi connectivity index (χ2v) is 9.48. The highest BCUT2D eigenvalue weighted by Crippen LogP contribution is 2.44. The molecular weight excluding hydrogens is 418 g/mol. The SMILES string of the molecule is CCCOc1ccc2c(n1)S(=O)c1ccc(C)c(C)c1N2CCCNCc1ccccc1. The molecule has 0 spiro atoms. The number of fused-ring (bicyclic) bond motifs is 2. The van der Waals surface area contributed by atoms with E-state index < -0.39 is 10.8 Å². The summed E-state index contributed by atoms with van der Waals surface area (Å²) >= 11 is 0. The summed E-state index contributed by atoms with van der Waals surface area (Å²) in [4.78, 5) is 7.76. The Balaban J connectivity index is 1.56. The summed E-state index contributed by atoms with van der Waals surface area (Å²) in [6.45, 7) is 9.46. The van der Waals surface area contributed by atoms with Gasteiger partial charge in [-0.3, -0.25) is 0 Å². The number of nitrogens with zero attached hydrogens (tertiary/aromatic N) is 2. The molecule has 0 saturated carbocycles. The molecule has 0 radical (unpaired) electrons. The van der Waals surface area contributed by atoms with Crippen LogP contribution in [0.4, 0.5) is 11.4 Å². The van der Waals surface area contributed by atoms with E-state index in [0.717, 1.165) is 48.7 Å². The van der Waals surface area contributed by atoms with Crippen LogP contribution < -0.4 is 15.0 Å². The van der Waals surface area contributed by atoms with Crippen molar-refractivity contribution < 1.29 is 8.95 Å². The second kappa shape index (κ2) is 10.3. The Morgan fingerprint density at radius 3 is 2.66 bits per heavy atom. The van der Waals surface area contributed by atoms with E-state index >= 15 is 0 Å². The number of hydrogen-bond donors (Lipinski definition) is 1. The molecular formula is C26H31N3O2S. The van der Waals surface area contributed by atoms with Gasteiger partial charge < -0.3 is 15.0 Å². The number of hydrogen-bond acceptors (Lipinski definition) is 5. The number of rotatable bonds is 9. The molecule has 2 aromatic carbocycles. The topological polar surface area (TPSA) is 54.5 Å². The third kappa shape index (κ3) is 4.71. The molecule has 1 aromatic heterocycles. The van der Waals surface area contributed by atoms with Crippen molar-refractivity contribution in [3.63, 3.8) is 0 Å². The van der Waals surface area contributed by atoms with Crippen molar-refractivity contribution in [2.75, 3.05) is 24.6 Å². The van der Waals surface area contributed by atoms with Gasteiger partial charge in [0.2, 0.25) is 5.88 Å². The largest absolute Gasteiger partial charge is 0.478 e. The Kier molecular flexibility index (Phi) is 7.22. The maximum Gasteiger partial charge on any atom is 0.214 e. The third-order valence-electron chi connectivity index (χ3n) is 5.78. The molecule has 1 aliphatic rings. The minimum absolute atomic E-state index is 0.538. The maximum atomic E-state index is 13.4. The summed E-state index contributed by atoms with van der Waals surface area (Å²) in [5.41, 5.74) is 5.63. The normalized spacial score (nSPS) is 14.7. The summed E-state index contributed by atoms with van der Waals surface area (Å²) < 4.78 is 19.1. The maximum absolute atomic E-state index is 13.4. The van der Waals surface area contributed by atoms with Crippen molar-refractivity contribution in [1.82, 2.24) is 10.3 Å². The lowest BCUT2D eigenvalue weighted by atomic mass is 10.1. The van der Waals surface area contributed by atoms with E-state index in [0.29, 0.717) is 17.5 Å². The Morgan fingerprint density at radius 1 is 1.06 bits per heavy atom. The van der Waals surface area contributed by atoms with Crippen LogP contribution in [0.15, 0.2) is 64.5 Å².